The monoisotopic (exact) mass is 448 g/mol. The van der Waals surface area contributed by atoms with Gasteiger partial charge in [-0.25, -0.2) is 14.4 Å². The van der Waals surface area contributed by atoms with Gasteiger partial charge >= 0.3 is 11.5 Å². The summed E-state index contributed by atoms with van der Waals surface area (Å²) in [5, 5.41) is 13.7. The largest absolute Gasteiger partial charge is 0.494 e. The Morgan fingerprint density at radius 1 is 1.10 bits per heavy atom. The minimum atomic E-state index is -4.43. The molecule has 3 aromatic rings. The average molecular weight is 448 g/mol. The lowest BCUT2D eigenvalue weighted by molar-refractivity contribution is -0.0335. The average Bonchev–Trinajstić information content (AvgIpc) is 3.20. The number of halogens is 3. The maximum Gasteiger partial charge on any atom is 0.456 e. The molecule has 4 rings (SSSR count). The van der Waals surface area contributed by atoms with Crippen molar-refractivity contribution in [2.75, 3.05) is 13.1 Å². The van der Waals surface area contributed by atoms with E-state index in [1.54, 1.807) is 48.5 Å². The van der Waals surface area contributed by atoms with Crippen LogP contribution in [0, 0.1) is 0 Å². The number of hydrogen-bond acceptors (Lipinski definition) is 6. The van der Waals surface area contributed by atoms with Crippen molar-refractivity contribution in [2.45, 2.75) is 5.51 Å². The Kier molecular flexibility index (Phi) is 5.46. The Balaban J connectivity index is 1.63. The van der Waals surface area contributed by atoms with E-state index in [-0.39, 0.29) is 30.1 Å². The van der Waals surface area contributed by atoms with Crippen molar-refractivity contribution in [1.29, 1.82) is 0 Å². The first-order valence-corrected chi connectivity index (χ1v) is 9.90. The molecule has 0 saturated carbocycles. The molecular formula is C20H15F3N4O3S. The van der Waals surface area contributed by atoms with Crippen LogP contribution in [0.25, 0.3) is 10.9 Å². The van der Waals surface area contributed by atoms with Crippen LogP contribution in [0.3, 0.4) is 0 Å². The molecule has 160 valence electrons. The summed E-state index contributed by atoms with van der Waals surface area (Å²) in [5.74, 6) is -0.848. The number of amides is 1. The van der Waals surface area contributed by atoms with Gasteiger partial charge in [0, 0.05) is 36.0 Å². The standard InChI is InChI=1S/C20H15F3N4O3S/c21-20(22,23)31-25-10-9-24-19(30)27-14-8-4-2-6-12(14)15(18(27)29)16-17(28)11-5-1-3-7-13(11)26-16/h1-8,25,29H,9-10H2,(H,24,30). The summed E-state index contributed by atoms with van der Waals surface area (Å²) in [7, 11) is 0. The molecule has 1 aromatic heterocycles. The number of aromatic hydroxyl groups is 1. The van der Waals surface area contributed by atoms with Gasteiger partial charge in [0.1, 0.15) is 5.71 Å². The fourth-order valence-corrected chi connectivity index (χ4v) is 3.70. The fourth-order valence-electron chi connectivity index (χ4n) is 3.33. The Bertz CT molecular complexity index is 1220. The SMILES string of the molecule is O=C1C(c2c(O)n(C(=O)NCCNSC(F)(F)F)c3ccccc23)=Nc2ccccc21. The number of carbonyl (C=O) groups is 2. The number of carbonyl (C=O) groups excluding carboxylic acids is 2. The predicted octanol–water partition coefficient (Wildman–Crippen LogP) is 3.98. The van der Waals surface area contributed by atoms with Crippen molar-refractivity contribution in [2.24, 2.45) is 4.99 Å². The van der Waals surface area contributed by atoms with Crippen molar-refractivity contribution in [3.8, 4) is 5.88 Å². The zero-order valence-electron chi connectivity index (χ0n) is 15.7. The van der Waals surface area contributed by atoms with Crippen LogP contribution in [0.1, 0.15) is 15.9 Å². The number of alkyl halides is 3. The normalized spacial score (nSPS) is 13.4. The van der Waals surface area contributed by atoms with E-state index in [1.165, 1.54) is 0 Å². The maximum absolute atomic E-state index is 12.8. The zero-order valence-corrected chi connectivity index (χ0v) is 16.5. The van der Waals surface area contributed by atoms with Gasteiger partial charge in [-0.3, -0.25) is 9.52 Å². The molecule has 0 bridgehead atoms. The molecule has 0 atom stereocenters. The van der Waals surface area contributed by atoms with Crippen molar-refractivity contribution in [1.82, 2.24) is 14.6 Å². The molecule has 0 unspecified atom stereocenters. The number of ketones is 1. The Morgan fingerprint density at radius 2 is 1.81 bits per heavy atom. The molecule has 31 heavy (non-hydrogen) atoms. The first-order valence-electron chi connectivity index (χ1n) is 9.09. The van der Waals surface area contributed by atoms with Crippen LogP contribution in [-0.4, -0.2) is 45.8 Å². The molecule has 2 heterocycles. The summed E-state index contributed by atoms with van der Waals surface area (Å²) in [4.78, 5) is 29.9. The number of rotatable bonds is 5. The lowest BCUT2D eigenvalue weighted by Gasteiger charge is -2.10. The molecular weight excluding hydrogens is 433 g/mol. The lowest BCUT2D eigenvalue weighted by Crippen LogP contribution is -2.33. The van der Waals surface area contributed by atoms with Crippen LogP contribution >= 0.6 is 11.9 Å². The van der Waals surface area contributed by atoms with E-state index in [1.807, 2.05) is 0 Å². The molecule has 0 aliphatic carbocycles. The van der Waals surface area contributed by atoms with E-state index >= 15 is 0 Å². The highest BCUT2D eigenvalue weighted by Crippen LogP contribution is 2.37. The minimum Gasteiger partial charge on any atom is -0.494 e. The van der Waals surface area contributed by atoms with Crippen molar-refractivity contribution in [3.05, 3.63) is 59.7 Å². The van der Waals surface area contributed by atoms with Crippen LogP contribution < -0.4 is 10.0 Å². The summed E-state index contributed by atoms with van der Waals surface area (Å²) in [6.45, 7) is -0.266. The number of nitrogens with one attached hydrogen (secondary N) is 2. The Hall–Kier alpha value is -3.31. The summed E-state index contributed by atoms with van der Waals surface area (Å²) in [6, 6.07) is 12.6. The second-order valence-corrected chi connectivity index (χ2v) is 7.49. The third kappa shape index (κ3) is 4.01. The lowest BCUT2D eigenvalue weighted by atomic mass is 10.0. The van der Waals surface area contributed by atoms with Gasteiger partial charge in [-0.1, -0.05) is 30.3 Å². The van der Waals surface area contributed by atoms with E-state index in [4.69, 9.17) is 0 Å². The molecule has 2 aromatic carbocycles. The highest BCUT2D eigenvalue weighted by atomic mass is 32.2. The highest BCUT2D eigenvalue weighted by molar-refractivity contribution is 7.98. The molecule has 0 fully saturated rings. The van der Waals surface area contributed by atoms with E-state index in [0.717, 1.165) is 4.57 Å². The van der Waals surface area contributed by atoms with Gasteiger partial charge in [-0.05, 0) is 18.2 Å². The van der Waals surface area contributed by atoms with E-state index in [9.17, 15) is 27.9 Å². The molecule has 1 aliphatic heterocycles. The van der Waals surface area contributed by atoms with Gasteiger partial charge in [0.25, 0.3) is 0 Å². The van der Waals surface area contributed by atoms with Crippen LogP contribution in [0.2, 0.25) is 0 Å². The van der Waals surface area contributed by atoms with E-state index in [2.05, 4.69) is 15.0 Å². The molecule has 0 spiro atoms. The third-order valence-corrected chi connectivity index (χ3v) is 5.16. The summed E-state index contributed by atoms with van der Waals surface area (Å²) >= 11 is -0.409. The van der Waals surface area contributed by atoms with Crippen LogP contribution in [-0.2, 0) is 0 Å². The zero-order chi connectivity index (χ0) is 22.2. The quantitative estimate of drug-likeness (QED) is 0.405. The first-order chi connectivity index (χ1) is 14.8. The van der Waals surface area contributed by atoms with Crippen LogP contribution in [0.15, 0.2) is 53.5 Å². The van der Waals surface area contributed by atoms with Gasteiger partial charge in [0.2, 0.25) is 11.7 Å². The number of fused-ring (bicyclic) bond motifs is 2. The fraction of sp³-hybridized carbons (Fsp3) is 0.150. The first kappa shape index (κ1) is 20.9. The van der Waals surface area contributed by atoms with Crippen molar-refractivity contribution < 1.29 is 27.9 Å². The number of hydrogen-bond donors (Lipinski definition) is 3. The second kappa shape index (κ2) is 8.08. The summed E-state index contributed by atoms with van der Waals surface area (Å²) in [5.41, 5.74) is -3.10. The minimum absolute atomic E-state index is 0.0182. The van der Waals surface area contributed by atoms with Crippen LogP contribution in [0.4, 0.5) is 23.7 Å². The summed E-state index contributed by atoms with van der Waals surface area (Å²) in [6.07, 6.45) is 0. The smallest absolute Gasteiger partial charge is 0.456 e. The van der Waals surface area contributed by atoms with Crippen molar-refractivity contribution >= 4 is 46.1 Å². The van der Waals surface area contributed by atoms with E-state index in [0.29, 0.717) is 22.2 Å². The van der Waals surface area contributed by atoms with Gasteiger partial charge in [-0.2, -0.15) is 13.2 Å². The van der Waals surface area contributed by atoms with Gasteiger partial charge in [-0.15, -0.1) is 0 Å². The summed E-state index contributed by atoms with van der Waals surface area (Å²) < 4.78 is 39.5. The number of aromatic nitrogens is 1. The predicted molar refractivity (Wildman–Crippen MR) is 111 cm³/mol. The molecule has 7 nitrogen and oxygen atoms in total. The molecule has 1 aliphatic rings. The van der Waals surface area contributed by atoms with Gasteiger partial charge in [0.15, 0.2) is 0 Å². The van der Waals surface area contributed by atoms with Gasteiger partial charge in [0.05, 0.1) is 16.8 Å². The number of Topliss-reactive ketones (excluding diaryl/α,β-unsaturated/α-hetero) is 1. The molecule has 1 amide bonds. The Labute approximate surface area is 178 Å². The molecule has 11 heteroatoms. The third-order valence-electron chi connectivity index (χ3n) is 4.58. The number of nitrogens with zero attached hydrogens (tertiary/aromatic N) is 2. The van der Waals surface area contributed by atoms with Crippen molar-refractivity contribution in [3.63, 3.8) is 0 Å². The maximum atomic E-state index is 12.8. The second-order valence-electron chi connectivity index (χ2n) is 6.53. The molecule has 0 radical (unpaired) electrons. The number of aliphatic imine (C=N–C) groups is 1. The molecule has 0 saturated heterocycles. The van der Waals surface area contributed by atoms with Gasteiger partial charge < -0.3 is 10.4 Å². The molecule has 3 N–H and O–H groups in total. The number of benzene rings is 2. The Morgan fingerprint density at radius 3 is 2.55 bits per heavy atom. The topological polar surface area (TPSA) is 95.7 Å². The van der Waals surface area contributed by atoms with Crippen LogP contribution in [0.5, 0.6) is 5.88 Å². The highest BCUT2D eigenvalue weighted by Gasteiger charge is 2.32. The number of para-hydroxylation sites is 2. The van der Waals surface area contributed by atoms with E-state index < -0.39 is 29.4 Å².